The van der Waals surface area contributed by atoms with Crippen molar-refractivity contribution in [1.29, 1.82) is 0 Å². The first-order chi connectivity index (χ1) is 13.8. The number of piperidine rings is 1. The van der Waals surface area contributed by atoms with Crippen molar-refractivity contribution >= 4 is 28.6 Å². The van der Waals surface area contributed by atoms with Crippen molar-refractivity contribution in [2.24, 2.45) is 0 Å². The second-order valence-electron chi connectivity index (χ2n) is 8.40. The molecule has 2 N–H and O–H groups in total. The van der Waals surface area contributed by atoms with Gasteiger partial charge in [-0.1, -0.05) is 24.6 Å². The van der Waals surface area contributed by atoms with Gasteiger partial charge >= 0.3 is 6.09 Å². The zero-order valence-corrected chi connectivity index (χ0v) is 17.4. The molecule has 1 aromatic carbocycles. The number of benzene rings is 1. The maximum atomic E-state index is 13.1. The summed E-state index contributed by atoms with van der Waals surface area (Å²) in [6.07, 6.45) is 4.41. The van der Waals surface area contributed by atoms with Crippen LogP contribution >= 0.6 is 0 Å². The highest BCUT2D eigenvalue weighted by molar-refractivity contribution is 5.96. The van der Waals surface area contributed by atoms with Gasteiger partial charge in [0.15, 0.2) is 0 Å². The number of amides is 2. The van der Waals surface area contributed by atoms with Crippen LogP contribution in [0.3, 0.4) is 0 Å². The highest BCUT2D eigenvalue weighted by Crippen LogP contribution is 2.18. The molecule has 0 bridgehead atoms. The van der Waals surface area contributed by atoms with Gasteiger partial charge < -0.3 is 15.4 Å². The number of hydrogen-bond donors (Lipinski definition) is 2. The fraction of sp³-hybridized carbons (Fsp3) is 0.500. The summed E-state index contributed by atoms with van der Waals surface area (Å²) in [6, 6.07) is 9.22. The molecule has 2 aromatic rings. The van der Waals surface area contributed by atoms with E-state index in [2.05, 4.69) is 20.5 Å². The van der Waals surface area contributed by atoms with Crippen molar-refractivity contribution in [1.82, 2.24) is 15.2 Å². The average molecular weight is 399 g/mol. The molecule has 0 saturated carbocycles. The minimum atomic E-state index is -0.580. The van der Waals surface area contributed by atoms with Crippen molar-refractivity contribution in [3.63, 3.8) is 0 Å². The van der Waals surface area contributed by atoms with Gasteiger partial charge in [0, 0.05) is 11.9 Å². The largest absolute Gasteiger partial charge is 0.444 e. The average Bonchev–Trinajstić information content (AvgIpc) is 2.67. The molecule has 1 fully saturated rings. The number of aromatic nitrogens is 1. The molecule has 7 heteroatoms. The Labute approximate surface area is 171 Å². The molecule has 1 saturated heterocycles. The lowest BCUT2D eigenvalue weighted by Crippen LogP contribution is -2.52. The number of fused-ring (bicyclic) bond motifs is 1. The number of alkyl carbamates (subject to hydrolysis) is 1. The molecule has 3 rings (SSSR count). The van der Waals surface area contributed by atoms with Crippen LogP contribution in [-0.4, -0.2) is 53.2 Å². The van der Waals surface area contributed by atoms with E-state index < -0.39 is 17.7 Å². The predicted molar refractivity (Wildman–Crippen MR) is 114 cm³/mol. The molecule has 1 aliphatic heterocycles. The van der Waals surface area contributed by atoms with Gasteiger partial charge in [-0.3, -0.25) is 14.7 Å². The van der Waals surface area contributed by atoms with Crippen molar-refractivity contribution in [3.05, 3.63) is 36.5 Å². The van der Waals surface area contributed by atoms with Gasteiger partial charge in [-0.15, -0.1) is 0 Å². The number of nitrogens with one attached hydrogen (secondary N) is 2. The first kappa shape index (κ1) is 21.0. The molecule has 1 aromatic heterocycles. The van der Waals surface area contributed by atoms with E-state index in [1.165, 1.54) is 6.42 Å². The summed E-state index contributed by atoms with van der Waals surface area (Å²) < 4.78 is 5.31. The van der Waals surface area contributed by atoms with Crippen LogP contribution in [0.15, 0.2) is 36.5 Å². The Morgan fingerprint density at radius 2 is 1.90 bits per heavy atom. The lowest BCUT2D eigenvalue weighted by Gasteiger charge is -2.33. The summed E-state index contributed by atoms with van der Waals surface area (Å²) in [6.45, 7) is 7.31. The monoisotopic (exact) mass is 398 g/mol. The van der Waals surface area contributed by atoms with Crippen LogP contribution in [0.1, 0.15) is 40.0 Å². The van der Waals surface area contributed by atoms with Gasteiger partial charge in [0.1, 0.15) is 11.6 Å². The Balaban J connectivity index is 1.69. The van der Waals surface area contributed by atoms with Gasteiger partial charge in [-0.25, -0.2) is 4.79 Å². The number of carbonyl (C=O) groups excluding carboxylic acids is 2. The Morgan fingerprint density at radius 3 is 2.62 bits per heavy atom. The van der Waals surface area contributed by atoms with Crippen molar-refractivity contribution in [2.45, 2.75) is 51.7 Å². The van der Waals surface area contributed by atoms with Crippen LogP contribution in [0, 0.1) is 0 Å². The molecule has 1 aliphatic rings. The van der Waals surface area contributed by atoms with Gasteiger partial charge in [0.2, 0.25) is 5.91 Å². The zero-order chi connectivity index (χ0) is 20.9. The van der Waals surface area contributed by atoms with E-state index in [1.807, 2.05) is 51.1 Å². The molecule has 7 nitrogen and oxygen atoms in total. The van der Waals surface area contributed by atoms with Gasteiger partial charge in [0.05, 0.1) is 17.4 Å². The summed E-state index contributed by atoms with van der Waals surface area (Å²) in [5, 5.41) is 6.69. The molecule has 156 valence electrons. The van der Waals surface area contributed by atoms with E-state index in [-0.39, 0.29) is 12.5 Å². The minimum Gasteiger partial charge on any atom is -0.444 e. The summed E-state index contributed by atoms with van der Waals surface area (Å²) in [5.74, 6) is -0.153. The fourth-order valence-corrected chi connectivity index (χ4v) is 3.48. The third kappa shape index (κ3) is 6.15. The molecule has 1 atom stereocenters. The Kier molecular flexibility index (Phi) is 6.69. The number of nitrogens with zero attached hydrogens (tertiary/aromatic N) is 2. The highest BCUT2D eigenvalue weighted by Gasteiger charge is 2.28. The van der Waals surface area contributed by atoms with Crippen molar-refractivity contribution < 1.29 is 14.3 Å². The SMILES string of the molecule is CC(C)(C)OC(=O)NCC(C(=O)Nc1cnc2ccccc2c1)N1CCCCC1. The summed E-state index contributed by atoms with van der Waals surface area (Å²) >= 11 is 0. The topological polar surface area (TPSA) is 83.6 Å². The molecule has 29 heavy (non-hydrogen) atoms. The minimum absolute atomic E-state index is 0.153. The number of hydrogen-bond acceptors (Lipinski definition) is 5. The second-order valence-corrected chi connectivity index (χ2v) is 8.40. The molecule has 0 aliphatic carbocycles. The molecule has 0 spiro atoms. The quantitative estimate of drug-likeness (QED) is 0.805. The van der Waals surface area contributed by atoms with Crippen LogP contribution in [0.25, 0.3) is 10.9 Å². The van der Waals surface area contributed by atoms with E-state index >= 15 is 0 Å². The smallest absolute Gasteiger partial charge is 0.407 e. The Morgan fingerprint density at radius 1 is 1.17 bits per heavy atom. The first-order valence-corrected chi connectivity index (χ1v) is 10.2. The van der Waals surface area contributed by atoms with E-state index in [0.717, 1.165) is 36.8 Å². The second kappa shape index (κ2) is 9.22. The Hall–Kier alpha value is -2.67. The van der Waals surface area contributed by atoms with Crippen molar-refractivity contribution in [2.75, 3.05) is 25.0 Å². The van der Waals surface area contributed by atoms with Crippen LogP contribution < -0.4 is 10.6 Å². The molecule has 0 radical (unpaired) electrons. The molecule has 2 amide bonds. The molecular weight excluding hydrogens is 368 g/mol. The van der Waals surface area contributed by atoms with Crippen molar-refractivity contribution in [3.8, 4) is 0 Å². The van der Waals surface area contributed by atoms with E-state index in [0.29, 0.717) is 5.69 Å². The number of anilines is 1. The summed E-state index contributed by atoms with van der Waals surface area (Å²) in [4.78, 5) is 31.7. The molecule has 2 heterocycles. The predicted octanol–water partition coefficient (Wildman–Crippen LogP) is 3.55. The van der Waals surface area contributed by atoms with Crippen LogP contribution in [0.4, 0.5) is 10.5 Å². The number of pyridine rings is 1. The molecule has 1 unspecified atom stereocenters. The number of likely N-dealkylation sites (tertiary alicyclic amines) is 1. The van der Waals surface area contributed by atoms with E-state index in [1.54, 1.807) is 6.20 Å². The van der Waals surface area contributed by atoms with E-state index in [9.17, 15) is 9.59 Å². The number of para-hydroxylation sites is 1. The summed E-state index contributed by atoms with van der Waals surface area (Å²) in [5.41, 5.74) is 0.946. The van der Waals surface area contributed by atoms with Crippen LogP contribution in [-0.2, 0) is 9.53 Å². The normalized spacial score (nSPS) is 16.2. The number of rotatable bonds is 5. The molecular formula is C22H30N4O3. The first-order valence-electron chi connectivity index (χ1n) is 10.2. The Bertz CT molecular complexity index is 857. The highest BCUT2D eigenvalue weighted by atomic mass is 16.6. The maximum Gasteiger partial charge on any atom is 0.407 e. The zero-order valence-electron chi connectivity index (χ0n) is 17.4. The third-order valence-electron chi connectivity index (χ3n) is 4.83. The van der Waals surface area contributed by atoms with E-state index in [4.69, 9.17) is 4.74 Å². The van der Waals surface area contributed by atoms with Crippen LogP contribution in [0.5, 0.6) is 0 Å². The van der Waals surface area contributed by atoms with Gasteiger partial charge in [-0.2, -0.15) is 0 Å². The maximum absolute atomic E-state index is 13.1. The third-order valence-corrected chi connectivity index (χ3v) is 4.83. The van der Waals surface area contributed by atoms with Gasteiger partial charge in [-0.05, 0) is 58.8 Å². The summed E-state index contributed by atoms with van der Waals surface area (Å²) in [7, 11) is 0. The van der Waals surface area contributed by atoms with Crippen LogP contribution in [0.2, 0.25) is 0 Å². The number of carbonyl (C=O) groups is 2. The van der Waals surface area contributed by atoms with Gasteiger partial charge in [0.25, 0.3) is 0 Å². The lowest BCUT2D eigenvalue weighted by atomic mass is 10.1. The lowest BCUT2D eigenvalue weighted by molar-refractivity contribution is -0.121. The standard InChI is InChI=1S/C22H30N4O3/c1-22(2,3)29-21(28)24-15-19(26-11-7-4-8-12-26)20(27)25-17-13-16-9-5-6-10-18(16)23-14-17/h5-6,9-10,13-14,19H,4,7-8,11-12,15H2,1-3H3,(H,24,28)(H,25,27). The number of ether oxygens (including phenoxy) is 1. The fourth-order valence-electron chi connectivity index (χ4n) is 3.48.